The predicted octanol–water partition coefficient (Wildman–Crippen LogP) is 4.52. The van der Waals surface area contributed by atoms with Gasteiger partial charge in [0.1, 0.15) is 5.82 Å². The van der Waals surface area contributed by atoms with Gasteiger partial charge in [0.15, 0.2) is 0 Å². The Hall–Kier alpha value is -2.69. The molecule has 0 aromatic heterocycles. The lowest BCUT2D eigenvalue weighted by atomic mass is 9.81. The monoisotopic (exact) mass is 354 g/mol. The molecular formula is C21H23FN2O2. The van der Waals surface area contributed by atoms with Gasteiger partial charge in [-0.3, -0.25) is 9.59 Å². The maximum Gasteiger partial charge on any atom is 0.227 e. The van der Waals surface area contributed by atoms with E-state index < -0.39 is 0 Å². The summed E-state index contributed by atoms with van der Waals surface area (Å²) in [5.41, 5.74) is 2.41. The van der Waals surface area contributed by atoms with Crippen LogP contribution in [0.5, 0.6) is 0 Å². The fourth-order valence-electron chi connectivity index (χ4n) is 3.31. The highest BCUT2D eigenvalue weighted by atomic mass is 19.1. The van der Waals surface area contributed by atoms with E-state index in [0.29, 0.717) is 31.4 Å². The van der Waals surface area contributed by atoms with Crippen LogP contribution in [0, 0.1) is 24.6 Å². The molecule has 0 atom stereocenters. The van der Waals surface area contributed by atoms with Gasteiger partial charge in [-0.1, -0.05) is 23.8 Å². The molecule has 0 bridgehead atoms. The molecule has 0 heterocycles. The number of halogens is 1. The lowest BCUT2D eigenvalue weighted by Gasteiger charge is -2.27. The molecule has 5 heteroatoms. The SMILES string of the molecule is Cc1ccc(NC(=O)C2CCC(C(=O)Nc3cccc(F)c3)CC2)cc1. The zero-order valence-electron chi connectivity index (χ0n) is 14.8. The number of anilines is 2. The molecule has 1 saturated carbocycles. The number of rotatable bonds is 4. The van der Waals surface area contributed by atoms with Crippen molar-refractivity contribution in [2.75, 3.05) is 10.6 Å². The quantitative estimate of drug-likeness (QED) is 0.848. The molecule has 2 aromatic carbocycles. The minimum Gasteiger partial charge on any atom is -0.326 e. The number of carbonyl (C=O) groups is 2. The van der Waals surface area contributed by atoms with Gasteiger partial charge in [0.25, 0.3) is 0 Å². The average Bonchev–Trinajstić information content (AvgIpc) is 2.64. The van der Waals surface area contributed by atoms with Crippen molar-refractivity contribution in [1.29, 1.82) is 0 Å². The van der Waals surface area contributed by atoms with Crippen LogP contribution in [0.2, 0.25) is 0 Å². The van der Waals surface area contributed by atoms with E-state index in [1.807, 2.05) is 31.2 Å². The van der Waals surface area contributed by atoms with Gasteiger partial charge in [0, 0.05) is 23.2 Å². The lowest BCUT2D eigenvalue weighted by Crippen LogP contribution is -2.32. The van der Waals surface area contributed by atoms with Gasteiger partial charge < -0.3 is 10.6 Å². The number of nitrogens with one attached hydrogen (secondary N) is 2. The van der Waals surface area contributed by atoms with Crippen LogP contribution in [-0.2, 0) is 9.59 Å². The molecule has 2 N–H and O–H groups in total. The molecular weight excluding hydrogens is 331 g/mol. The highest BCUT2D eigenvalue weighted by Gasteiger charge is 2.30. The Kier molecular flexibility index (Phi) is 5.66. The summed E-state index contributed by atoms with van der Waals surface area (Å²) in [6.45, 7) is 2.00. The first-order chi connectivity index (χ1) is 12.5. The third-order valence-corrected chi connectivity index (χ3v) is 4.88. The van der Waals surface area contributed by atoms with Gasteiger partial charge in [-0.25, -0.2) is 4.39 Å². The number of benzene rings is 2. The van der Waals surface area contributed by atoms with Crippen LogP contribution in [0.3, 0.4) is 0 Å². The van der Waals surface area contributed by atoms with E-state index >= 15 is 0 Å². The van der Waals surface area contributed by atoms with Crippen LogP contribution in [-0.4, -0.2) is 11.8 Å². The molecule has 2 amide bonds. The van der Waals surface area contributed by atoms with Crippen molar-refractivity contribution < 1.29 is 14.0 Å². The summed E-state index contributed by atoms with van der Waals surface area (Å²) in [6, 6.07) is 13.6. The van der Waals surface area contributed by atoms with Gasteiger partial charge in [-0.05, 0) is 62.9 Å². The molecule has 2 aromatic rings. The van der Waals surface area contributed by atoms with Crippen molar-refractivity contribution in [3.8, 4) is 0 Å². The van der Waals surface area contributed by atoms with Crippen molar-refractivity contribution in [3.63, 3.8) is 0 Å². The maximum absolute atomic E-state index is 13.2. The summed E-state index contributed by atoms with van der Waals surface area (Å²) >= 11 is 0. The van der Waals surface area contributed by atoms with Gasteiger partial charge in [-0.2, -0.15) is 0 Å². The number of aryl methyl sites for hydroxylation is 1. The zero-order chi connectivity index (χ0) is 18.5. The smallest absolute Gasteiger partial charge is 0.227 e. The molecule has 1 aliphatic rings. The van der Waals surface area contributed by atoms with Gasteiger partial charge >= 0.3 is 0 Å². The Balaban J connectivity index is 1.49. The summed E-state index contributed by atoms with van der Waals surface area (Å²) in [5, 5.41) is 5.71. The Labute approximate surface area is 152 Å². The van der Waals surface area contributed by atoms with Crippen molar-refractivity contribution in [3.05, 3.63) is 59.9 Å². The van der Waals surface area contributed by atoms with E-state index in [2.05, 4.69) is 10.6 Å². The molecule has 4 nitrogen and oxygen atoms in total. The van der Waals surface area contributed by atoms with E-state index in [-0.39, 0.29) is 29.5 Å². The Morgan fingerprint density at radius 1 is 0.846 bits per heavy atom. The normalized spacial score (nSPS) is 19.6. The second-order valence-electron chi connectivity index (χ2n) is 6.90. The van der Waals surface area contributed by atoms with Crippen LogP contribution < -0.4 is 10.6 Å². The molecule has 1 aliphatic carbocycles. The summed E-state index contributed by atoms with van der Waals surface area (Å²) in [6.07, 6.45) is 2.68. The standard InChI is InChI=1S/C21H23FN2O2/c1-14-5-11-18(12-6-14)23-20(25)15-7-9-16(10-8-15)21(26)24-19-4-2-3-17(22)13-19/h2-6,11-13,15-16H,7-10H2,1H3,(H,23,25)(H,24,26). The van der Waals surface area contributed by atoms with Crippen LogP contribution in [0.4, 0.5) is 15.8 Å². The second-order valence-corrected chi connectivity index (χ2v) is 6.90. The van der Waals surface area contributed by atoms with E-state index in [1.54, 1.807) is 12.1 Å². The van der Waals surface area contributed by atoms with Gasteiger partial charge in [0.05, 0.1) is 0 Å². The average molecular weight is 354 g/mol. The number of carbonyl (C=O) groups excluding carboxylic acids is 2. The van der Waals surface area contributed by atoms with Crippen molar-refractivity contribution >= 4 is 23.2 Å². The predicted molar refractivity (Wildman–Crippen MR) is 100 cm³/mol. The highest BCUT2D eigenvalue weighted by molar-refractivity contribution is 5.94. The first-order valence-electron chi connectivity index (χ1n) is 8.95. The largest absolute Gasteiger partial charge is 0.326 e. The first-order valence-corrected chi connectivity index (χ1v) is 8.95. The van der Waals surface area contributed by atoms with Gasteiger partial charge in [-0.15, -0.1) is 0 Å². The number of hydrogen-bond donors (Lipinski definition) is 2. The molecule has 26 heavy (non-hydrogen) atoms. The van der Waals surface area contributed by atoms with Crippen molar-refractivity contribution in [2.24, 2.45) is 11.8 Å². The minimum atomic E-state index is -0.376. The molecule has 136 valence electrons. The maximum atomic E-state index is 13.2. The Morgan fingerprint density at radius 3 is 1.92 bits per heavy atom. The molecule has 0 radical (unpaired) electrons. The minimum absolute atomic E-state index is 0.0119. The van der Waals surface area contributed by atoms with Crippen LogP contribution in [0.25, 0.3) is 0 Å². The Morgan fingerprint density at radius 2 is 1.38 bits per heavy atom. The summed E-state index contributed by atoms with van der Waals surface area (Å²) < 4.78 is 13.2. The number of hydrogen-bond acceptors (Lipinski definition) is 2. The fourth-order valence-corrected chi connectivity index (χ4v) is 3.31. The molecule has 0 aliphatic heterocycles. The number of amides is 2. The van der Waals surface area contributed by atoms with Crippen LogP contribution >= 0.6 is 0 Å². The van der Waals surface area contributed by atoms with E-state index in [0.717, 1.165) is 11.3 Å². The molecule has 3 rings (SSSR count). The fraction of sp³-hybridized carbons (Fsp3) is 0.333. The van der Waals surface area contributed by atoms with Crippen LogP contribution in [0.15, 0.2) is 48.5 Å². The molecule has 0 spiro atoms. The molecule has 1 fully saturated rings. The second kappa shape index (κ2) is 8.13. The van der Waals surface area contributed by atoms with E-state index in [1.165, 1.54) is 12.1 Å². The van der Waals surface area contributed by atoms with E-state index in [9.17, 15) is 14.0 Å². The summed E-state index contributed by atoms with van der Waals surface area (Å²) in [7, 11) is 0. The third-order valence-electron chi connectivity index (χ3n) is 4.88. The first kappa shape index (κ1) is 18.1. The topological polar surface area (TPSA) is 58.2 Å². The third kappa shape index (κ3) is 4.69. The van der Waals surface area contributed by atoms with Crippen molar-refractivity contribution in [2.45, 2.75) is 32.6 Å². The summed E-state index contributed by atoms with van der Waals surface area (Å²) in [4.78, 5) is 24.7. The Bertz CT molecular complexity index is 781. The molecule has 0 saturated heterocycles. The van der Waals surface area contributed by atoms with Gasteiger partial charge in [0.2, 0.25) is 11.8 Å². The highest BCUT2D eigenvalue weighted by Crippen LogP contribution is 2.30. The zero-order valence-corrected chi connectivity index (χ0v) is 14.8. The van der Waals surface area contributed by atoms with E-state index in [4.69, 9.17) is 0 Å². The lowest BCUT2D eigenvalue weighted by molar-refractivity contribution is -0.125. The van der Waals surface area contributed by atoms with Crippen LogP contribution in [0.1, 0.15) is 31.2 Å². The summed E-state index contributed by atoms with van der Waals surface area (Å²) in [5.74, 6) is -0.679. The molecule has 0 unspecified atom stereocenters. The van der Waals surface area contributed by atoms with Crippen molar-refractivity contribution in [1.82, 2.24) is 0 Å².